The normalized spacial score (nSPS) is 19.4. The summed E-state index contributed by atoms with van der Waals surface area (Å²) in [5.41, 5.74) is -0.0253. The molecule has 0 aliphatic carbocycles. The molecule has 1 atom stereocenters. The molecule has 0 spiro atoms. The zero-order chi connectivity index (χ0) is 17.1. The average Bonchev–Trinajstić information content (AvgIpc) is 3.05. The van der Waals surface area contributed by atoms with Crippen LogP contribution in [0.5, 0.6) is 0 Å². The van der Waals surface area contributed by atoms with Crippen LogP contribution >= 0.6 is 11.3 Å². The van der Waals surface area contributed by atoms with Gasteiger partial charge in [0.25, 0.3) is 0 Å². The predicted octanol–water partition coefficient (Wildman–Crippen LogP) is 4.03. The zero-order valence-corrected chi connectivity index (χ0v) is 15.6. The number of amides is 2. The lowest BCUT2D eigenvalue weighted by molar-refractivity contribution is 0.0506. The van der Waals surface area contributed by atoms with E-state index >= 15 is 0 Å². The number of aliphatic hydroxyl groups excluding tert-OH is 1. The SMILES string of the molecule is CCC1(CO)CCN(C(=O)NC(c2cccs2)C(C)(C)C)CC1. The molecule has 1 aromatic rings. The summed E-state index contributed by atoms with van der Waals surface area (Å²) in [5.74, 6) is 0. The van der Waals surface area contributed by atoms with Crippen LogP contribution in [0.25, 0.3) is 0 Å². The third-order valence-electron chi connectivity index (χ3n) is 5.16. The van der Waals surface area contributed by atoms with Crippen LogP contribution in [-0.4, -0.2) is 35.7 Å². The molecule has 1 aromatic heterocycles. The highest BCUT2D eigenvalue weighted by atomic mass is 32.1. The molecule has 1 aliphatic heterocycles. The lowest BCUT2D eigenvalue weighted by Crippen LogP contribution is -2.50. The van der Waals surface area contributed by atoms with Crippen LogP contribution in [0, 0.1) is 10.8 Å². The molecule has 1 unspecified atom stereocenters. The van der Waals surface area contributed by atoms with E-state index in [-0.39, 0.29) is 29.5 Å². The molecule has 23 heavy (non-hydrogen) atoms. The largest absolute Gasteiger partial charge is 0.396 e. The van der Waals surface area contributed by atoms with Crippen LogP contribution in [0.4, 0.5) is 4.79 Å². The van der Waals surface area contributed by atoms with E-state index in [0.717, 1.165) is 32.4 Å². The first-order valence-corrected chi connectivity index (χ1v) is 9.39. The number of piperidine rings is 1. The van der Waals surface area contributed by atoms with Crippen molar-refractivity contribution in [2.75, 3.05) is 19.7 Å². The number of aliphatic hydroxyl groups is 1. The van der Waals surface area contributed by atoms with E-state index in [1.807, 2.05) is 11.0 Å². The summed E-state index contributed by atoms with van der Waals surface area (Å²) in [7, 11) is 0. The highest BCUT2D eigenvalue weighted by molar-refractivity contribution is 7.10. The second kappa shape index (κ2) is 7.22. The lowest BCUT2D eigenvalue weighted by atomic mass is 9.77. The Balaban J connectivity index is 2.01. The Morgan fingerprint density at radius 3 is 2.52 bits per heavy atom. The number of thiophene rings is 1. The molecule has 1 fully saturated rings. The highest BCUT2D eigenvalue weighted by Gasteiger charge is 2.35. The number of carbonyl (C=O) groups is 1. The molecule has 2 rings (SSSR count). The average molecular weight is 339 g/mol. The molecule has 1 saturated heterocycles. The molecule has 2 heterocycles. The van der Waals surface area contributed by atoms with Crippen molar-refractivity contribution < 1.29 is 9.90 Å². The van der Waals surface area contributed by atoms with Crippen molar-refractivity contribution in [1.29, 1.82) is 0 Å². The van der Waals surface area contributed by atoms with Gasteiger partial charge in [-0.15, -0.1) is 11.3 Å². The summed E-state index contributed by atoms with van der Waals surface area (Å²) in [5, 5.41) is 14.9. The van der Waals surface area contributed by atoms with Crippen molar-refractivity contribution in [3.8, 4) is 0 Å². The van der Waals surface area contributed by atoms with E-state index in [2.05, 4.69) is 44.5 Å². The van der Waals surface area contributed by atoms with Gasteiger partial charge in [-0.1, -0.05) is 33.8 Å². The Kier molecular flexibility index (Phi) is 5.74. The fourth-order valence-corrected chi connectivity index (χ4v) is 4.21. The fraction of sp³-hybridized carbons (Fsp3) is 0.722. The predicted molar refractivity (Wildman–Crippen MR) is 95.7 cm³/mol. The van der Waals surface area contributed by atoms with E-state index < -0.39 is 0 Å². The lowest BCUT2D eigenvalue weighted by Gasteiger charge is -2.41. The van der Waals surface area contributed by atoms with Gasteiger partial charge in [0.05, 0.1) is 6.04 Å². The molecule has 130 valence electrons. The van der Waals surface area contributed by atoms with Crippen molar-refractivity contribution in [1.82, 2.24) is 10.2 Å². The summed E-state index contributed by atoms with van der Waals surface area (Å²) in [6.45, 7) is 10.3. The van der Waals surface area contributed by atoms with E-state index in [1.165, 1.54) is 4.88 Å². The Morgan fingerprint density at radius 2 is 2.09 bits per heavy atom. The van der Waals surface area contributed by atoms with Gasteiger partial charge in [-0.25, -0.2) is 4.79 Å². The van der Waals surface area contributed by atoms with Crippen LogP contribution in [0.1, 0.15) is 57.9 Å². The first kappa shape index (κ1) is 18.3. The maximum absolute atomic E-state index is 12.7. The minimum atomic E-state index is -0.0332. The van der Waals surface area contributed by atoms with Crippen molar-refractivity contribution in [2.24, 2.45) is 10.8 Å². The molecule has 0 saturated carbocycles. The van der Waals surface area contributed by atoms with Gasteiger partial charge < -0.3 is 15.3 Å². The number of hydrogen-bond acceptors (Lipinski definition) is 3. The number of likely N-dealkylation sites (tertiary alicyclic amines) is 1. The molecule has 0 aromatic carbocycles. The Hall–Kier alpha value is -1.07. The third-order valence-corrected chi connectivity index (χ3v) is 6.10. The minimum Gasteiger partial charge on any atom is -0.396 e. The second-order valence-electron chi connectivity index (χ2n) is 7.76. The van der Waals surface area contributed by atoms with Crippen LogP contribution in [0.2, 0.25) is 0 Å². The van der Waals surface area contributed by atoms with E-state index in [1.54, 1.807) is 11.3 Å². The molecular weight excluding hydrogens is 308 g/mol. The number of carbonyl (C=O) groups excluding carboxylic acids is 1. The molecule has 1 aliphatic rings. The second-order valence-corrected chi connectivity index (χ2v) is 8.74. The van der Waals surface area contributed by atoms with Gasteiger partial charge in [-0.05, 0) is 41.5 Å². The Labute approximate surface area is 143 Å². The standard InChI is InChI=1S/C18H30N2O2S/c1-5-18(13-21)8-10-20(11-9-18)16(22)19-15(17(2,3)4)14-7-6-12-23-14/h6-7,12,15,21H,5,8-11,13H2,1-4H3,(H,19,22). The minimum absolute atomic E-state index is 0.00790. The first-order valence-electron chi connectivity index (χ1n) is 8.51. The van der Waals surface area contributed by atoms with Crippen LogP contribution in [-0.2, 0) is 0 Å². The molecular formula is C18H30N2O2S. The van der Waals surface area contributed by atoms with Crippen LogP contribution in [0.3, 0.4) is 0 Å². The monoisotopic (exact) mass is 338 g/mol. The molecule has 4 nitrogen and oxygen atoms in total. The topological polar surface area (TPSA) is 52.6 Å². The number of urea groups is 1. The summed E-state index contributed by atoms with van der Waals surface area (Å²) in [6, 6.07) is 4.15. The van der Waals surface area contributed by atoms with Gasteiger partial charge in [0, 0.05) is 24.6 Å². The van der Waals surface area contributed by atoms with Crippen molar-refractivity contribution in [2.45, 2.75) is 53.0 Å². The van der Waals surface area contributed by atoms with Gasteiger partial charge in [-0.3, -0.25) is 0 Å². The molecule has 2 N–H and O–H groups in total. The Bertz CT molecular complexity index is 494. The van der Waals surface area contributed by atoms with E-state index in [9.17, 15) is 9.90 Å². The number of nitrogens with one attached hydrogen (secondary N) is 1. The first-order chi connectivity index (χ1) is 10.8. The Morgan fingerprint density at radius 1 is 1.43 bits per heavy atom. The number of rotatable bonds is 4. The van der Waals surface area contributed by atoms with Crippen LogP contribution in [0.15, 0.2) is 17.5 Å². The summed E-state index contributed by atoms with van der Waals surface area (Å²) in [6.07, 6.45) is 2.73. The smallest absolute Gasteiger partial charge is 0.317 e. The van der Waals surface area contributed by atoms with Crippen molar-refractivity contribution in [3.63, 3.8) is 0 Å². The fourth-order valence-electron chi connectivity index (χ4n) is 3.19. The maximum atomic E-state index is 12.7. The molecule has 0 bridgehead atoms. The summed E-state index contributed by atoms with van der Waals surface area (Å²) < 4.78 is 0. The molecule has 0 radical (unpaired) electrons. The van der Waals surface area contributed by atoms with Gasteiger partial charge in [0.1, 0.15) is 0 Å². The van der Waals surface area contributed by atoms with Gasteiger partial charge in [0.15, 0.2) is 0 Å². The van der Waals surface area contributed by atoms with Gasteiger partial charge >= 0.3 is 6.03 Å². The van der Waals surface area contributed by atoms with Gasteiger partial charge in [0.2, 0.25) is 0 Å². The maximum Gasteiger partial charge on any atom is 0.317 e. The van der Waals surface area contributed by atoms with Crippen molar-refractivity contribution in [3.05, 3.63) is 22.4 Å². The summed E-state index contributed by atoms with van der Waals surface area (Å²) >= 11 is 1.69. The molecule has 2 amide bonds. The van der Waals surface area contributed by atoms with E-state index in [0.29, 0.717) is 0 Å². The highest BCUT2D eigenvalue weighted by Crippen LogP contribution is 2.37. The van der Waals surface area contributed by atoms with Crippen LogP contribution < -0.4 is 5.32 Å². The quantitative estimate of drug-likeness (QED) is 0.871. The van der Waals surface area contributed by atoms with Gasteiger partial charge in [-0.2, -0.15) is 0 Å². The molecule has 5 heteroatoms. The van der Waals surface area contributed by atoms with Crippen molar-refractivity contribution >= 4 is 17.4 Å². The number of nitrogens with zero attached hydrogens (tertiary/aromatic N) is 1. The zero-order valence-electron chi connectivity index (χ0n) is 14.8. The number of hydrogen-bond donors (Lipinski definition) is 2. The van der Waals surface area contributed by atoms with E-state index in [4.69, 9.17) is 0 Å². The summed E-state index contributed by atoms with van der Waals surface area (Å²) in [4.78, 5) is 15.8. The third kappa shape index (κ3) is 4.27.